The molecule has 0 nitrogen and oxygen atoms in total. The van der Waals surface area contributed by atoms with Crippen LogP contribution in [-0.2, 0) is 20.8 Å². The molecule has 4 fully saturated rings. The first-order chi connectivity index (χ1) is 16.4. The fraction of sp³-hybridized carbons (Fsp3) is 0.758. The van der Waals surface area contributed by atoms with E-state index in [9.17, 15) is 0 Å². The summed E-state index contributed by atoms with van der Waals surface area (Å²) in [5, 5.41) is 0. The van der Waals surface area contributed by atoms with Gasteiger partial charge in [-0.3, -0.25) is 0 Å². The van der Waals surface area contributed by atoms with E-state index in [1.807, 2.05) is 0 Å². The fourth-order valence-electron chi connectivity index (χ4n) is 9.72. The van der Waals surface area contributed by atoms with Crippen LogP contribution in [0, 0.1) is 50.4 Å². The molecular formula is C33H58Cl2SiZr. The Hall–Kier alpha value is 0.900. The van der Waals surface area contributed by atoms with Crippen LogP contribution in [0.4, 0.5) is 0 Å². The molecule has 0 aromatic heterocycles. The van der Waals surface area contributed by atoms with Crippen molar-refractivity contribution in [1.29, 1.82) is 0 Å². The van der Waals surface area contributed by atoms with E-state index in [1.54, 1.807) is 44.1 Å². The summed E-state index contributed by atoms with van der Waals surface area (Å²) in [5.41, 5.74) is 3.82. The molecule has 0 heterocycles. The van der Waals surface area contributed by atoms with Crippen LogP contribution in [-0.4, -0.2) is 8.07 Å². The summed E-state index contributed by atoms with van der Waals surface area (Å²) >= 11 is -0.826. The Labute approximate surface area is 252 Å². The summed E-state index contributed by atoms with van der Waals surface area (Å²) < 4.78 is 0. The second-order valence-electron chi connectivity index (χ2n) is 13.1. The Morgan fingerprint density at radius 2 is 1.27 bits per heavy atom. The second-order valence-corrected chi connectivity index (χ2v) is 21.9. The van der Waals surface area contributed by atoms with Gasteiger partial charge < -0.3 is 14.9 Å². The Morgan fingerprint density at radius 3 is 1.84 bits per heavy atom. The van der Waals surface area contributed by atoms with Crippen LogP contribution in [0.25, 0.3) is 0 Å². The summed E-state index contributed by atoms with van der Waals surface area (Å²) in [6.45, 7) is 10.9. The topological polar surface area (TPSA) is 0 Å². The molecule has 0 N–H and O–H groups in total. The average Bonchev–Trinajstić information content (AvgIpc) is 3.39. The standard InChI is InChI=1S/C30H48Si.CH4.2CH3.2ClH.Zr/c1-21(23-12-6-5-7-13-23)18-24-20-30(28-17-11-9-15-26(24)28)31(3,4)29-19-22(2)25-14-8-10-16-27(25)29;;;;;;/h5-7,12-13,21-22,24-30H,8-11,14-20H2,1-4H3;1H4;2*1H3;2*1H;/q;;2*-1;;;+4/p-2. The van der Waals surface area contributed by atoms with E-state index in [0.717, 1.165) is 52.5 Å². The van der Waals surface area contributed by atoms with Crippen molar-refractivity contribution in [2.24, 2.45) is 35.5 Å². The Morgan fingerprint density at radius 1 is 0.811 bits per heavy atom. The Kier molecular flexibility index (Phi) is 15.9. The van der Waals surface area contributed by atoms with Crippen molar-refractivity contribution >= 4 is 25.1 Å². The van der Waals surface area contributed by atoms with E-state index < -0.39 is 28.9 Å². The molecule has 212 valence electrons. The zero-order chi connectivity index (χ0) is 24.3. The molecule has 0 bridgehead atoms. The van der Waals surface area contributed by atoms with Crippen molar-refractivity contribution in [2.45, 2.75) is 122 Å². The van der Waals surface area contributed by atoms with E-state index in [1.165, 1.54) is 32.1 Å². The molecule has 4 heteroatoms. The predicted molar refractivity (Wildman–Crippen MR) is 169 cm³/mol. The van der Waals surface area contributed by atoms with E-state index in [4.69, 9.17) is 17.0 Å². The van der Waals surface area contributed by atoms with Gasteiger partial charge in [-0.1, -0.05) is 103 Å². The zero-order valence-electron chi connectivity index (χ0n) is 24.1. The molecule has 0 amide bonds. The van der Waals surface area contributed by atoms with Crippen molar-refractivity contribution < 1.29 is 20.8 Å². The van der Waals surface area contributed by atoms with E-state index in [2.05, 4.69) is 57.3 Å². The van der Waals surface area contributed by atoms with E-state index in [-0.39, 0.29) is 22.3 Å². The average molecular weight is 645 g/mol. The summed E-state index contributed by atoms with van der Waals surface area (Å²) in [7, 11) is 8.60. The maximum absolute atomic E-state index is 4.93. The third-order valence-electron chi connectivity index (χ3n) is 11.2. The zero-order valence-corrected chi connectivity index (χ0v) is 29.1. The third kappa shape index (κ3) is 8.01. The molecule has 0 spiro atoms. The Bertz CT molecular complexity index is 756. The van der Waals surface area contributed by atoms with Gasteiger partial charge in [0.2, 0.25) is 0 Å². The minimum absolute atomic E-state index is 0. The van der Waals surface area contributed by atoms with Crippen molar-refractivity contribution in [1.82, 2.24) is 0 Å². The summed E-state index contributed by atoms with van der Waals surface area (Å²) in [4.78, 5) is 0. The molecule has 9 atom stereocenters. The van der Waals surface area contributed by atoms with Gasteiger partial charge in [-0.05, 0) is 90.2 Å². The van der Waals surface area contributed by atoms with Crippen LogP contribution in [0.15, 0.2) is 30.3 Å². The Balaban J connectivity index is 0.00000109. The molecular weight excluding hydrogens is 587 g/mol. The van der Waals surface area contributed by atoms with Gasteiger partial charge in [-0.15, -0.1) is 0 Å². The first-order valence-corrected chi connectivity index (χ1v) is 23.9. The van der Waals surface area contributed by atoms with Crippen molar-refractivity contribution in [3.63, 3.8) is 0 Å². The SMILES string of the molecule is C.CC(CC1CC([Si](C)(C)C2CC(C)C3CCCCC32)C2CCCCC12)c1ccccc1.[CH3-].[CH3-].[Cl][Zr+2][Cl]. The van der Waals surface area contributed by atoms with E-state index in [0.29, 0.717) is 0 Å². The van der Waals surface area contributed by atoms with Crippen LogP contribution in [0.1, 0.15) is 103 Å². The van der Waals surface area contributed by atoms with Gasteiger partial charge in [-0.2, -0.15) is 0 Å². The van der Waals surface area contributed by atoms with Crippen molar-refractivity contribution in [3.05, 3.63) is 50.7 Å². The normalized spacial score (nSPS) is 35.1. The third-order valence-corrected chi connectivity index (χ3v) is 16.4. The number of hydrogen-bond donors (Lipinski definition) is 0. The molecule has 4 aliphatic carbocycles. The van der Waals surface area contributed by atoms with Gasteiger partial charge in [0.25, 0.3) is 0 Å². The number of rotatable bonds is 5. The second kappa shape index (κ2) is 16.4. The first-order valence-electron chi connectivity index (χ1n) is 14.4. The molecule has 5 rings (SSSR count). The maximum atomic E-state index is 4.93. The van der Waals surface area contributed by atoms with Crippen LogP contribution >= 0.6 is 17.0 Å². The molecule has 0 aliphatic heterocycles. The quantitative estimate of drug-likeness (QED) is 0.221. The molecule has 0 radical (unpaired) electrons. The van der Waals surface area contributed by atoms with Gasteiger partial charge in [0.15, 0.2) is 0 Å². The number of fused-ring (bicyclic) bond motifs is 2. The number of benzene rings is 1. The summed E-state index contributed by atoms with van der Waals surface area (Å²) in [6, 6.07) is 11.4. The van der Waals surface area contributed by atoms with Gasteiger partial charge in [0.05, 0.1) is 8.07 Å². The van der Waals surface area contributed by atoms with E-state index >= 15 is 0 Å². The van der Waals surface area contributed by atoms with Crippen molar-refractivity contribution in [2.75, 3.05) is 0 Å². The monoisotopic (exact) mass is 642 g/mol. The minimum atomic E-state index is -1.27. The molecule has 1 aromatic carbocycles. The van der Waals surface area contributed by atoms with Gasteiger partial charge >= 0.3 is 37.9 Å². The molecule has 0 saturated heterocycles. The molecule has 4 saturated carbocycles. The van der Waals surface area contributed by atoms with Crippen LogP contribution in [0.3, 0.4) is 0 Å². The molecule has 9 unspecified atom stereocenters. The number of halogens is 2. The van der Waals surface area contributed by atoms with Gasteiger partial charge in [0, 0.05) is 0 Å². The summed E-state index contributed by atoms with van der Waals surface area (Å²) in [5.74, 6) is 7.07. The van der Waals surface area contributed by atoms with Crippen LogP contribution in [0.5, 0.6) is 0 Å². The molecule has 1 aromatic rings. The molecule has 37 heavy (non-hydrogen) atoms. The number of hydrogen-bond acceptors (Lipinski definition) is 0. The van der Waals surface area contributed by atoms with Crippen LogP contribution in [0.2, 0.25) is 24.2 Å². The van der Waals surface area contributed by atoms with Gasteiger partial charge in [-0.25, -0.2) is 0 Å². The van der Waals surface area contributed by atoms with Crippen molar-refractivity contribution in [3.8, 4) is 0 Å². The van der Waals surface area contributed by atoms with Gasteiger partial charge in [0.1, 0.15) is 0 Å². The first kappa shape index (κ1) is 35.9. The molecule has 4 aliphatic rings. The summed E-state index contributed by atoms with van der Waals surface area (Å²) in [6.07, 6.45) is 17.0. The fourth-order valence-corrected chi connectivity index (χ4v) is 15.2. The predicted octanol–water partition coefficient (Wildman–Crippen LogP) is 12.2. The van der Waals surface area contributed by atoms with Crippen LogP contribution < -0.4 is 0 Å².